The van der Waals surface area contributed by atoms with Crippen molar-refractivity contribution in [2.24, 2.45) is 0 Å². The van der Waals surface area contributed by atoms with Gasteiger partial charge in [0.2, 0.25) is 0 Å². The Kier molecular flexibility index (Phi) is 3.61. The molecule has 0 unspecified atom stereocenters. The van der Waals surface area contributed by atoms with Gasteiger partial charge in [0.1, 0.15) is 0 Å². The Hall–Kier alpha value is -0.930. The lowest BCUT2D eigenvalue weighted by molar-refractivity contribution is 0.0601. The molecule has 2 aromatic carbocycles. The summed E-state index contributed by atoms with van der Waals surface area (Å²) in [7, 11) is 1.31. The second-order valence-corrected chi connectivity index (χ2v) is 6.83. The minimum atomic E-state index is -1.32. The normalized spacial score (nSPS) is 14.5. The van der Waals surface area contributed by atoms with Gasteiger partial charge in [0.05, 0.1) is 12.7 Å². The fourth-order valence-electron chi connectivity index (χ4n) is 2.55. The second kappa shape index (κ2) is 5.06. The molecule has 0 aromatic heterocycles. The van der Waals surface area contributed by atoms with Gasteiger partial charge in [-0.2, -0.15) is 0 Å². The summed E-state index contributed by atoms with van der Waals surface area (Å²) < 4.78 is 3.50. The summed E-state index contributed by atoms with van der Waals surface area (Å²) in [5.41, 5.74) is 2.88. The zero-order valence-electron chi connectivity index (χ0n) is 10.7. The Balaban J connectivity index is 2.40. The Morgan fingerprint density at radius 1 is 1.05 bits per heavy atom. The summed E-state index contributed by atoms with van der Waals surface area (Å²) in [4.78, 5) is 12.0. The maximum Gasteiger partial charge on any atom is 0.338 e. The Bertz CT molecular complexity index is 769. The van der Waals surface area contributed by atoms with E-state index in [1.54, 1.807) is 30.3 Å². The van der Waals surface area contributed by atoms with E-state index in [4.69, 9.17) is 51.1 Å². The molecule has 2 aromatic rings. The van der Waals surface area contributed by atoms with Crippen molar-refractivity contribution in [3.05, 3.63) is 57.1 Å². The molecule has 2 nitrogen and oxygen atoms in total. The van der Waals surface area contributed by atoms with Crippen LogP contribution in [0.1, 0.15) is 21.5 Å². The van der Waals surface area contributed by atoms with E-state index in [1.165, 1.54) is 7.11 Å². The number of esters is 1. The van der Waals surface area contributed by atoms with E-state index in [1.807, 2.05) is 0 Å². The molecular weight excluding hydrogens is 354 g/mol. The molecule has 0 aliphatic heterocycles. The van der Waals surface area contributed by atoms with Gasteiger partial charge in [-0.05, 0) is 29.8 Å². The summed E-state index contributed by atoms with van der Waals surface area (Å²) in [6.45, 7) is 0. The maximum absolute atomic E-state index is 12.0. The number of halogens is 4. The summed E-state index contributed by atoms with van der Waals surface area (Å²) in [6.07, 6.45) is 0. The number of benzene rings is 2. The van der Waals surface area contributed by atoms with Crippen LogP contribution in [-0.4, -0.2) is 13.1 Å². The predicted octanol–water partition coefficient (Wildman–Crippen LogP) is 5.44. The monoisotopic (exact) mass is 360 g/mol. The topological polar surface area (TPSA) is 26.3 Å². The minimum absolute atomic E-state index is 0.326. The van der Waals surface area contributed by atoms with Crippen molar-refractivity contribution < 1.29 is 9.53 Å². The highest BCUT2D eigenvalue weighted by Gasteiger charge is 2.42. The number of rotatable bonds is 1. The number of ether oxygens (including phenoxy) is 1. The highest BCUT2D eigenvalue weighted by atomic mass is 35.5. The van der Waals surface area contributed by atoms with Gasteiger partial charge >= 0.3 is 5.97 Å². The van der Waals surface area contributed by atoms with E-state index in [9.17, 15) is 4.79 Å². The third-order valence-corrected chi connectivity index (χ3v) is 4.70. The first-order valence-corrected chi connectivity index (χ1v) is 7.48. The predicted molar refractivity (Wildman–Crippen MR) is 85.7 cm³/mol. The van der Waals surface area contributed by atoms with Crippen LogP contribution in [0.3, 0.4) is 0 Å². The highest BCUT2D eigenvalue weighted by molar-refractivity contribution is 6.52. The molecule has 21 heavy (non-hydrogen) atoms. The summed E-state index contributed by atoms with van der Waals surface area (Å²) in [6, 6.07) is 8.38. The number of methoxy groups -OCH3 is 1. The summed E-state index contributed by atoms with van der Waals surface area (Å²) >= 11 is 25.1. The van der Waals surface area contributed by atoms with E-state index in [-0.39, 0.29) is 0 Å². The number of alkyl halides is 2. The molecule has 0 atom stereocenters. The van der Waals surface area contributed by atoms with Crippen molar-refractivity contribution in [1.82, 2.24) is 0 Å². The minimum Gasteiger partial charge on any atom is -0.465 e. The lowest BCUT2D eigenvalue weighted by Gasteiger charge is -2.16. The highest BCUT2D eigenvalue weighted by Crippen LogP contribution is 2.56. The molecule has 1 aliphatic carbocycles. The van der Waals surface area contributed by atoms with Crippen molar-refractivity contribution in [2.45, 2.75) is 4.33 Å². The van der Waals surface area contributed by atoms with Gasteiger partial charge < -0.3 is 4.74 Å². The molecule has 0 heterocycles. The fraction of sp³-hybridized carbons (Fsp3) is 0.133. The van der Waals surface area contributed by atoms with Gasteiger partial charge in [0.15, 0.2) is 4.33 Å². The number of hydrogen-bond donors (Lipinski definition) is 0. The molecule has 3 rings (SSSR count). The van der Waals surface area contributed by atoms with E-state index in [0.717, 1.165) is 5.56 Å². The zero-order valence-corrected chi connectivity index (χ0v) is 13.7. The van der Waals surface area contributed by atoms with Crippen LogP contribution in [0.25, 0.3) is 11.1 Å². The standard InChI is InChI=1S/C15H8Cl4O2/c1-21-14(20)10-4-8(17)6-12-13(10)9-3-2-7(16)5-11(9)15(12,18)19/h2-6H,1H3. The summed E-state index contributed by atoms with van der Waals surface area (Å²) in [5.74, 6) is -0.499. The molecule has 108 valence electrons. The lowest BCUT2D eigenvalue weighted by atomic mass is 9.99. The van der Waals surface area contributed by atoms with Crippen LogP contribution in [0.2, 0.25) is 10.0 Å². The van der Waals surface area contributed by atoms with Crippen molar-refractivity contribution in [2.75, 3.05) is 7.11 Å². The van der Waals surface area contributed by atoms with Crippen LogP contribution in [-0.2, 0) is 9.07 Å². The van der Waals surface area contributed by atoms with Crippen molar-refractivity contribution in [1.29, 1.82) is 0 Å². The van der Waals surface area contributed by atoms with Gasteiger partial charge in [-0.1, -0.05) is 52.5 Å². The van der Waals surface area contributed by atoms with Crippen LogP contribution in [0.15, 0.2) is 30.3 Å². The molecular formula is C15H8Cl4O2. The molecule has 1 aliphatic rings. The third-order valence-electron chi connectivity index (χ3n) is 3.44. The molecule has 0 N–H and O–H groups in total. The van der Waals surface area contributed by atoms with E-state index < -0.39 is 10.3 Å². The smallest absolute Gasteiger partial charge is 0.338 e. The van der Waals surface area contributed by atoms with E-state index in [0.29, 0.717) is 32.3 Å². The van der Waals surface area contributed by atoms with Gasteiger partial charge in [0.25, 0.3) is 0 Å². The molecule has 0 saturated carbocycles. The first-order valence-electron chi connectivity index (χ1n) is 5.97. The fourth-order valence-corrected chi connectivity index (χ4v) is 3.56. The zero-order chi connectivity index (χ0) is 15.4. The third kappa shape index (κ3) is 2.22. The SMILES string of the molecule is COC(=O)c1cc(Cl)cc2c1-c1ccc(Cl)cc1C2(Cl)Cl. The van der Waals surface area contributed by atoms with Gasteiger partial charge in [0, 0.05) is 26.7 Å². The van der Waals surface area contributed by atoms with Crippen LogP contribution in [0, 0.1) is 0 Å². The van der Waals surface area contributed by atoms with Gasteiger partial charge in [-0.25, -0.2) is 4.79 Å². The molecule has 6 heteroatoms. The van der Waals surface area contributed by atoms with Crippen molar-refractivity contribution in [3.63, 3.8) is 0 Å². The lowest BCUT2D eigenvalue weighted by Crippen LogP contribution is -2.09. The van der Waals surface area contributed by atoms with Crippen molar-refractivity contribution in [3.8, 4) is 11.1 Å². The number of carbonyl (C=O) groups excluding carboxylic acids is 1. The van der Waals surface area contributed by atoms with Crippen LogP contribution < -0.4 is 0 Å². The number of carbonyl (C=O) groups is 1. The van der Waals surface area contributed by atoms with E-state index in [2.05, 4.69) is 0 Å². The Labute approximate surface area is 141 Å². The first kappa shape index (κ1) is 15.0. The quantitative estimate of drug-likeness (QED) is 0.499. The Morgan fingerprint density at radius 3 is 2.38 bits per heavy atom. The van der Waals surface area contributed by atoms with Crippen LogP contribution in [0.4, 0.5) is 0 Å². The molecule has 0 bridgehead atoms. The molecule has 0 spiro atoms. The molecule has 0 saturated heterocycles. The van der Waals surface area contributed by atoms with Crippen molar-refractivity contribution >= 4 is 52.4 Å². The summed E-state index contributed by atoms with van der Waals surface area (Å²) in [5, 5.41) is 0.872. The number of fused-ring (bicyclic) bond motifs is 3. The van der Waals surface area contributed by atoms with Gasteiger partial charge in [-0.15, -0.1) is 0 Å². The second-order valence-electron chi connectivity index (χ2n) is 4.63. The first-order chi connectivity index (χ1) is 9.86. The molecule has 0 fully saturated rings. The maximum atomic E-state index is 12.0. The average Bonchev–Trinajstić information content (AvgIpc) is 2.66. The molecule has 0 amide bonds. The molecule has 0 radical (unpaired) electrons. The largest absolute Gasteiger partial charge is 0.465 e. The Morgan fingerprint density at radius 2 is 1.71 bits per heavy atom. The van der Waals surface area contributed by atoms with Crippen LogP contribution >= 0.6 is 46.4 Å². The number of hydrogen-bond acceptors (Lipinski definition) is 2. The van der Waals surface area contributed by atoms with Crippen LogP contribution in [0.5, 0.6) is 0 Å². The van der Waals surface area contributed by atoms with Gasteiger partial charge in [-0.3, -0.25) is 0 Å². The average molecular weight is 362 g/mol. The van der Waals surface area contributed by atoms with E-state index >= 15 is 0 Å².